The van der Waals surface area contributed by atoms with E-state index >= 15 is 0 Å². The number of benzene rings is 1. The molecule has 0 bridgehead atoms. The molecular weight excluding hydrogens is 378 g/mol. The molecule has 1 amide bonds. The Labute approximate surface area is 169 Å². The lowest BCUT2D eigenvalue weighted by Gasteiger charge is -2.32. The minimum Gasteiger partial charge on any atom is -0.493 e. The molecule has 152 valence electrons. The molecule has 0 spiro atoms. The maximum atomic E-state index is 12.2. The quantitative estimate of drug-likeness (QED) is 0.753. The van der Waals surface area contributed by atoms with E-state index in [1.54, 1.807) is 19.1 Å². The van der Waals surface area contributed by atoms with E-state index in [1.165, 1.54) is 11.5 Å². The first-order valence-corrected chi connectivity index (χ1v) is 10.1. The molecule has 1 aromatic heterocycles. The average Bonchev–Trinajstić information content (AvgIpc) is 3.16. The molecule has 1 aliphatic heterocycles. The van der Waals surface area contributed by atoms with Gasteiger partial charge >= 0.3 is 6.09 Å². The zero-order chi connectivity index (χ0) is 20.3. The molecule has 0 saturated carbocycles. The highest BCUT2D eigenvalue weighted by Gasteiger charge is 2.29. The zero-order valence-corrected chi connectivity index (χ0v) is 17.8. The summed E-state index contributed by atoms with van der Waals surface area (Å²) >= 11 is 1.43. The van der Waals surface area contributed by atoms with Crippen LogP contribution in [0.25, 0.3) is 11.4 Å². The van der Waals surface area contributed by atoms with Crippen molar-refractivity contribution >= 4 is 17.6 Å². The van der Waals surface area contributed by atoms with Gasteiger partial charge in [-0.25, -0.2) is 9.78 Å². The van der Waals surface area contributed by atoms with Crippen molar-refractivity contribution in [3.8, 4) is 22.9 Å². The Morgan fingerprint density at radius 1 is 1.14 bits per heavy atom. The summed E-state index contributed by atoms with van der Waals surface area (Å²) in [5.74, 6) is 2.33. The van der Waals surface area contributed by atoms with Crippen LogP contribution in [0, 0.1) is 0 Å². The van der Waals surface area contributed by atoms with Crippen LogP contribution < -0.4 is 9.47 Å². The molecule has 2 heterocycles. The number of hydrogen-bond acceptors (Lipinski definition) is 7. The van der Waals surface area contributed by atoms with Crippen LogP contribution in [0.4, 0.5) is 4.79 Å². The predicted molar refractivity (Wildman–Crippen MR) is 108 cm³/mol. The van der Waals surface area contributed by atoms with E-state index in [1.807, 2.05) is 39.0 Å². The highest BCUT2D eigenvalue weighted by molar-refractivity contribution is 7.05. The van der Waals surface area contributed by atoms with Crippen LogP contribution in [-0.4, -0.2) is 53.3 Å². The Bertz CT molecular complexity index is 823. The molecule has 28 heavy (non-hydrogen) atoms. The van der Waals surface area contributed by atoms with Crippen LogP contribution in [0.5, 0.6) is 11.5 Å². The number of piperidine rings is 1. The molecule has 0 radical (unpaired) electrons. The SMILES string of the molecule is COc1ccc(-c2nsc(C3CCN(C(=O)OC(C)(C)C)CC3)n2)cc1OC. The van der Waals surface area contributed by atoms with Crippen LogP contribution in [0.15, 0.2) is 18.2 Å². The lowest BCUT2D eigenvalue weighted by molar-refractivity contribution is 0.0205. The second-order valence-electron chi connectivity index (χ2n) is 7.77. The first kappa shape index (κ1) is 20.4. The molecule has 1 saturated heterocycles. The number of methoxy groups -OCH3 is 2. The number of rotatable bonds is 4. The lowest BCUT2D eigenvalue weighted by atomic mass is 9.98. The largest absolute Gasteiger partial charge is 0.493 e. The van der Waals surface area contributed by atoms with Crippen molar-refractivity contribution in [2.24, 2.45) is 0 Å². The van der Waals surface area contributed by atoms with Crippen molar-refractivity contribution < 1.29 is 19.0 Å². The Balaban J connectivity index is 1.65. The van der Waals surface area contributed by atoms with Gasteiger partial charge in [-0.3, -0.25) is 0 Å². The Morgan fingerprint density at radius 3 is 2.43 bits per heavy atom. The number of carbonyl (C=O) groups excluding carboxylic acids is 1. The number of hydrogen-bond donors (Lipinski definition) is 0. The molecule has 0 atom stereocenters. The fourth-order valence-electron chi connectivity index (χ4n) is 3.13. The van der Waals surface area contributed by atoms with E-state index in [9.17, 15) is 4.79 Å². The van der Waals surface area contributed by atoms with Crippen LogP contribution in [0.2, 0.25) is 0 Å². The summed E-state index contributed by atoms with van der Waals surface area (Å²) in [5, 5.41) is 1.01. The molecular formula is C20H27N3O4S. The maximum absolute atomic E-state index is 12.2. The summed E-state index contributed by atoms with van der Waals surface area (Å²) < 4.78 is 20.6. The number of likely N-dealkylation sites (tertiary alicyclic amines) is 1. The minimum absolute atomic E-state index is 0.241. The summed E-state index contributed by atoms with van der Waals surface area (Å²) in [7, 11) is 3.22. The third kappa shape index (κ3) is 4.73. The number of carbonyl (C=O) groups is 1. The standard InChI is InChI=1S/C20H27N3O4S/c1-20(2,3)27-19(24)23-10-8-13(9-11-23)18-21-17(22-28-18)14-6-7-15(25-4)16(12-14)26-5/h6-7,12-13H,8-11H2,1-5H3. The number of amides is 1. The fraction of sp³-hybridized carbons (Fsp3) is 0.550. The van der Waals surface area contributed by atoms with Gasteiger partial charge in [0.15, 0.2) is 17.3 Å². The van der Waals surface area contributed by atoms with Crippen molar-refractivity contribution in [3.05, 3.63) is 23.2 Å². The third-order valence-electron chi connectivity index (χ3n) is 4.58. The third-order valence-corrected chi connectivity index (χ3v) is 5.46. The average molecular weight is 406 g/mol. The Morgan fingerprint density at radius 2 is 1.82 bits per heavy atom. The zero-order valence-electron chi connectivity index (χ0n) is 17.0. The minimum atomic E-state index is -0.471. The second kappa shape index (κ2) is 8.34. The first-order valence-electron chi connectivity index (χ1n) is 9.34. The Kier molecular flexibility index (Phi) is 6.07. The van der Waals surface area contributed by atoms with Crippen LogP contribution >= 0.6 is 11.5 Å². The van der Waals surface area contributed by atoms with E-state index < -0.39 is 5.60 Å². The summed E-state index contributed by atoms with van der Waals surface area (Å²) in [6, 6.07) is 5.67. The van der Waals surface area contributed by atoms with E-state index in [-0.39, 0.29) is 6.09 Å². The van der Waals surface area contributed by atoms with Gasteiger partial charge in [-0.1, -0.05) is 0 Å². The van der Waals surface area contributed by atoms with Crippen molar-refractivity contribution in [1.82, 2.24) is 14.3 Å². The van der Waals surface area contributed by atoms with Gasteiger partial charge in [-0.15, -0.1) is 0 Å². The summed E-state index contributed by atoms with van der Waals surface area (Å²) in [5.41, 5.74) is 0.424. The molecule has 1 aliphatic rings. The van der Waals surface area contributed by atoms with Gasteiger partial charge in [0.05, 0.1) is 14.2 Å². The topological polar surface area (TPSA) is 73.8 Å². The fourth-order valence-corrected chi connectivity index (χ4v) is 3.97. The van der Waals surface area contributed by atoms with E-state index in [0.29, 0.717) is 36.3 Å². The molecule has 3 rings (SSSR count). The summed E-state index contributed by atoms with van der Waals surface area (Å²) in [6.07, 6.45) is 1.48. The number of nitrogens with zero attached hydrogens (tertiary/aromatic N) is 3. The molecule has 1 fully saturated rings. The van der Waals surface area contributed by atoms with Crippen molar-refractivity contribution in [3.63, 3.8) is 0 Å². The van der Waals surface area contributed by atoms with Gasteiger partial charge in [-0.2, -0.15) is 4.37 Å². The van der Waals surface area contributed by atoms with Gasteiger partial charge in [0.1, 0.15) is 10.6 Å². The lowest BCUT2D eigenvalue weighted by Crippen LogP contribution is -2.41. The van der Waals surface area contributed by atoms with Gasteiger partial charge < -0.3 is 19.1 Å². The highest BCUT2D eigenvalue weighted by Crippen LogP contribution is 2.34. The second-order valence-corrected chi connectivity index (χ2v) is 8.55. The van der Waals surface area contributed by atoms with Crippen molar-refractivity contribution in [2.75, 3.05) is 27.3 Å². The molecule has 8 heteroatoms. The maximum Gasteiger partial charge on any atom is 0.410 e. The molecule has 2 aromatic rings. The van der Waals surface area contributed by atoms with Crippen molar-refractivity contribution in [2.45, 2.75) is 45.1 Å². The molecule has 0 aliphatic carbocycles. The molecule has 7 nitrogen and oxygen atoms in total. The first-order chi connectivity index (χ1) is 13.3. The van der Waals surface area contributed by atoms with E-state index in [4.69, 9.17) is 19.2 Å². The van der Waals surface area contributed by atoms with Gasteiger partial charge in [0.25, 0.3) is 0 Å². The smallest absolute Gasteiger partial charge is 0.410 e. The number of aromatic nitrogens is 2. The van der Waals surface area contributed by atoms with Crippen LogP contribution in [0.1, 0.15) is 44.5 Å². The summed E-state index contributed by atoms with van der Waals surface area (Å²) in [6.45, 7) is 6.99. The van der Waals surface area contributed by atoms with Gasteiger partial charge in [0.2, 0.25) is 0 Å². The summed E-state index contributed by atoms with van der Waals surface area (Å²) in [4.78, 5) is 18.7. The monoisotopic (exact) mass is 405 g/mol. The van der Waals surface area contributed by atoms with Crippen LogP contribution in [0.3, 0.4) is 0 Å². The number of ether oxygens (including phenoxy) is 3. The van der Waals surface area contributed by atoms with Gasteiger partial charge in [-0.05, 0) is 63.3 Å². The predicted octanol–water partition coefficient (Wildman–Crippen LogP) is 4.34. The molecule has 1 aromatic carbocycles. The highest BCUT2D eigenvalue weighted by atomic mass is 32.1. The van der Waals surface area contributed by atoms with E-state index in [0.717, 1.165) is 23.4 Å². The molecule has 0 unspecified atom stereocenters. The van der Waals surface area contributed by atoms with Gasteiger partial charge in [0, 0.05) is 24.6 Å². The van der Waals surface area contributed by atoms with E-state index in [2.05, 4.69) is 4.37 Å². The van der Waals surface area contributed by atoms with Crippen molar-refractivity contribution in [1.29, 1.82) is 0 Å². The Hall–Kier alpha value is -2.35. The molecule has 0 N–H and O–H groups in total. The normalized spacial score (nSPS) is 15.4. The van der Waals surface area contributed by atoms with Crippen LogP contribution in [-0.2, 0) is 4.74 Å².